The van der Waals surface area contributed by atoms with Gasteiger partial charge in [-0.25, -0.2) is 4.98 Å². The Bertz CT molecular complexity index is 463. The molecule has 1 fully saturated rings. The number of aromatic nitrogens is 1. The second-order valence-corrected chi connectivity index (χ2v) is 5.79. The average Bonchev–Trinajstić information content (AvgIpc) is 2.52. The van der Waals surface area contributed by atoms with Crippen molar-refractivity contribution in [2.45, 2.75) is 45.7 Å². The van der Waals surface area contributed by atoms with Crippen molar-refractivity contribution in [1.29, 1.82) is 0 Å². The van der Waals surface area contributed by atoms with E-state index in [1.165, 1.54) is 24.8 Å². The Labute approximate surface area is 127 Å². The number of hydrogen-bond acceptors (Lipinski definition) is 3. The highest BCUT2D eigenvalue weighted by molar-refractivity contribution is 5.79. The van der Waals surface area contributed by atoms with Crippen molar-refractivity contribution in [3.05, 3.63) is 23.9 Å². The van der Waals surface area contributed by atoms with Crippen molar-refractivity contribution in [2.75, 3.05) is 25.0 Å². The third-order valence-electron chi connectivity index (χ3n) is 3.60. The Morgan fingerprint density at radius 1 is 1.33 bits per heavy atom. The van der Waals surface area contributed by atoms with Gasteiger partial charge in [0.1, 0.15) is 5.82 Å². The fourth-order valence-corrected chi connectivity index (χ4v) is 2.52. The molecule has 0 bridgehead atoms. The van der Waals surface area contributed by atoms with Gasteiger partial charge in [0.15, 0.2) is 5.96 Å². The van der Waals surface area contributed by atoms with Gasteiger partial charge in [-0.1, -0.05) is 0 Å². The van der Waals surface area contributed by atoms with Crippen molar-refractivity contribution in [3.8, 4) is 0 Å². The molecular formula is C16H27N5. The summed E-state index contributed by atoms with van der Waals surface area (Å²) in [5.41, 5.74) is 1.23. The predicted molar refractivity (Wildman–Crippen MR) is 88.8 cm³/mol. The molecule has 2 N–H and O–H groups in total. The molecule has 0 radical (unpaired) electrons. The zero-order valence-electron chi connectivity index (χ0n) is 13.4. The second-order valence-electron chi connectivity index (χ2n) is 5.79. The fourth-order valence-electron chi connectivity index (χ4n) is 2.52. The maximum absolute atomic E-state index is 4.51. The van der Waals surface area contributed by atoms with E-state index in [0.717, 1.165) is 31.4 Å². The summed E-state index contributed by atoms with van der Waals surface area (Å²) in [5, 5.41) is 6.63. The van der Waals surface area contributed by atoms with E-state index in [2.05, 4.69) is 51.5 Å². The van der Waals surface area contributed by atoms with Crippen LogP contribution >= 0.6 is 0 Å². The van der Waals surface area contributed by atoms with Gasteiger partial charge in [-0.15, -0.1) is 0 Å². The maximum atomic E-state index is 4.51. The van der Waals surface area contributed by atoms with Crippen molar-refractivity contribution in [1.82, 2.24) is 15.6 Å². The molecule has 1 saturated heterocycles. The zero-order chi connectivity index (χ0) is 15.1. The van der Waals surface area contributed by atoms with Crippen LogP contribution in [0, 0.1) is 0 Å². The first-order valence-corrected chi connectivity index (χ1v) is 7.86. The second kappa shape index (κ2) is 7.86. The van der Waals surface area contributed by atoms with E-state index in [1.807, 2.05) is 6.20 Å². The normalized spacial score (nSPS) is 16.2. The topological polar surface area (TPSA) is 52.6 Å². The molecule has 1 aromatic heterocycles. The lowest BCUT2D eigenvalue weighted by Gasteiger charge is -2.28. The van der Waals surface area contributed by atoms with Crippen LogP contribution in [0.15, 0.2) is 23.3 Å². The van der Waals surface area contributed by atoms with Gasteiger partial charge in [0, 0.05) is 38.9 Å². The lowest BCUT2D eigenvalue weighted by atomic mass is 10.1. The molecular weight excluding hydrogens is 262 g/mol. The summed E-state index contributed by atoms with van der Waals surface area (Å²) in [5.74, 6) is 1.93. The molecule has 1 aliphatic heterocycles. The van der Waals surface area contributed by atoms with Gasteiger partial charge in [-0.2, -0.15) is 0 Å². The molecule has 0 amide bonds. The number of piperidine rings is 1. The molecule has 0 spiro atoms. The Morgan fingerprint density at radius 2 is 2.10 bits per heavy atom. The molecule has 116 valence electrons. The molecule has 0 atom stereocenters. The Morgan fingerprint density at radius 3 is 2.76 bits per heavy atom. The summed E-state index contributed by atoms with van der Waals surface area (Å²) < 4.78 is 0. The van der Waals surface area contributed by atoms with Gasteiger partial charge < -0.3 is 15.5 Å². The van der Waals surface area contributed by atoms with Crippen LogP contribution in [0.3, 0.4) is 0 Å². The standard InChI is InChI=1S/C16H27N5/c1-13(2)20-16(17-3)19-12-14-7-8-18-15(11-14)21-9-5-4-6-10-21/h7-8,11,13H,4-6,9-10,12H2,1-3H3,(H2,17,19,20). The maximum Gasteiger partial charge on any atom is 0.191 e. The minimum Gasteiger partial charge on any atom is -0.357 e. The summed E-state index contributed by atoms with van der Waals surface area (Å²) in [6.07, 6.45) is 5.79. The Balaban J connectivity index is 1.94. The van der Waals surface area contributed by atoms with Crippen LogP contribution in [0.25, 0.3) is 0 Å². The van der Waals surface area contributed by atoms with Crippen molar-refractivity contribution in [2.24, 2.45) is 4.99 Å². The molecule has 1 aliphatic rings. The number of guanidine groups is 1. The highest BCUT2D eigenvalue weighted by Crippen LogP contribution is 2.18. The van der Waals surface area contributed by atoms with Crippen LogP contribution in [0.1, 0.15) is 38.7 Å². The van der Waals surface area contributed by atoms with Crippen molar-refractivity contribution >= 4 is 11.8 Å². The summed E-state index contributed by atoms with van der Waals surface area (Å²) in [4.78, 5) is 11.1. The van der Waals surface area contributed by atoms with Gasteiger partial charge in [0.2, 0.25) is 0 Å². The molecule has 0 saturated carbocycles. The first-order valence-electron chi connectivity index (χ1n) is 7.86. The van der Waals surface area contributed by atoms with Crippen LogP contribution in [0.2, 0.25) is 0 Å². The quantitative estimate of drug-likeness (QED) is 0.659. The summed E-state index contributed by atoms with van der Waals surface area (Å²) in [6.45, 7) is 7.22. The summed E-state index contributed by atoms with van der Waals surface area (Å²) >= 11 is 0. The number of nitrogens with zero attached hydrogens (tertiary/aromatic N) is 3. The Kier molecular flexibility index (Phi) is 5.84. The van der Waals surface area contributed by atoms with E-state index in [1.54, 1.807) is 7.05 Å². The molecule has 21 heavy (non-hydrogen) atoms. The molecule has 2 rings (SSSR count). The predicted octanol–water partition coefficient (Wildman–Crippen LogP) is 2.15. The van der Waals surface area contributed by atoms with E-state index in [-0.39, 0.29) is 0 Å². The van der Waals surface area contributed by atoms with Crippen LogP contribution in [-0.2, 0) is 6.54 Å². The number of aliphatic imine (C=N–C) groups is 1. The summed E-state index contributed by atoms with van der Waals surface area (Å²) in [7, 11) is 1.80. The molecule has 0 aliphatic carbocycles. The fraction of sp³-hybridized carbons (Fsp3) is 0.625. The van der Waals surface area contributed by atoms with Crippen LogP contribution in [-0.4, -0.2) is 37.1 Å². The molecule has 5 heteroatoms. The lowest BCUT2D eigenvalue weighted by Crippen LogP contribution is -2.40. The highest BCUT2D eigenvalue weighted by atomic mass is 15.2. The first kappa shape index (κ1) is 15.6. The van der Waals surface area contributed by atoms with E-state index >= 15 is 0 Å². The SMILES string of the molecule is CN=C(NCc1ccnc(N2CCCCC2)c1)NC(C)C. The third kappa shape index (κ3) is 4.92. The highest BCUT2D eigenvalue weighted by Gasteiger charge is 2.12. The summed E-state index contributed by atoms with van der Waals surface area (Å²) in [6, 6.07) is 4.61. The first-order chi connectivity index (χ1) is 10.2. The number of rotatable bonds is 4. The smallest absolute Gasteiger partial charge is 0.191 e. The average molecular weight is 289 g/mol. The van der Waals surface area contributed by atoms with E-state index in [0.29, 0.717) is 6.04 Å². The molecule has 2 heterocycles. The minimum absolute atomic E-state index is 0.373. The monoisotopic (exact) mass is 289 g/mol. The van der Waals surface area contributed by atoms with E-state index < -0.39 is 0 Å². The van der Waals surface area contributed by atoms with E-state index in [9.17, 15) is 0 Å². The number of nitrogens with one attached hydrogen (secondary N) is 2. The molecule has 0 unspecified atom stereocenters. The van der Waals surface area contributed by atoms with Crippen molar-refractivity contribution < 1.29 is 0 Å². The van der Waals surface area contributed by atoms with Crippen LogP contribution in [0.5, 0.6) is 0 Å². The minimum atomic E-state index is 0.373. The largest absolute Gasteiger partial charge is 0.357 e. The number of hydrogen-bond donors (Lipinski definition) is 2. The number of pyridine rings is 1. The van der Waals surface area contributed by atoms with Crippen molar-refractivity contribution in [3.63, 3.8) is 0 Å². The van der Waals surface area contributed by atoms with E-state index in [4.69, 9.17) is 0 Å². The zero-order valence-corrected chi connectivity index (χ0v) is 13.4. The van der Waals surface area contributed by atoms with Crippen LogP contribution < -0.4 is 15.5 Å². The molecule has 1 aromatic rings. The molecule has 0 aromatic carbocycles. The van der Waals surface area contributed by atoms with Gasteiger partial charge in [-0.05, 0) is 50.8 Å². The Hall–Kier alpha value is -1.78. The number of anilines is 1. The van der Waals surface area contributed by atoms with Gasteiger partial charge in [0.25, 0.3) is 0 Å². The molecule has 5 nitrogen and oxygen atoms in total. The van der Waals surface area contributed by atoms with Crippen LogP contribution in [0.4, 0.5) is 5.82 Å². The van der Waals surface area contributed by atoms with Gasteiger partial charge in [-0.3, -0.25) is 4.99 Å². The van der Waals surface area contributed by atoms with Gasteiger partial charge in [0.05, 0.1) is 0 Å². The van der Waals surface area contributed by atoms with Gasteiger partial charge >= 0.3 is 0 Å². The lowest BCUT2D eigenvalue weighted by molar-refractivity contribution is 0.573. The third-order valence-corrected chi connectivity index (χ3v) is 3.60.